The van der Waals surface area contributed by atoms with Crippen LogP contribution in [0.15, 0.2) is 44.4 Å². The van der Waals surface area contributed by atoms with Crippen molar-refractivity contribution in [2.75, 3.05) is 5.32 Å². The minimum Gasteiger partial charge on any atom is -0.454 e. The SMILES string of the molecule is CC(C)n1c(=O)[nH]c2ccc(Oc3c(Cl)cc(NC(=O)c4noc(=O)[nH]4)cc3Cl)cc21. The highest BCUT2D eigenvalue weighted by Gasteiger charge is 2.17. The van der Waals surface area contributed by atoms with Crippen LogP contribution in [-0.2, 0) is 0 Å². The zero-order valence-corrected chi connectivity index (χ0v) is 17.7. The van der Waals surface area contributed by atoms with E-state index in [-0.39, 0.29) is 39.0 Å². The number of amides is 1. The van der Waals surface area contributed by atoms with Gasteiger partial charge in [-0.15, -0.1) is 0 Å². The fraction of sp³-hybridized carbons (Fsp3) is 0.158. The lowest BCUT2D eigenvalue weighted by Gasteiger charge is -2.13. The van der Waals surface area contributed by atoms with Crippen LogP contribution >= 0.6 is 23.2 Å². The minimum atomic E-state index is -0.854. The molecule has 0 bridgehead atoms. The highest BCUT2D eigenvalue weighted by Crippen LogP contribution is 2.39. The van der Waals surface area contributed by atoms with Gasteiger partial charge in [0.05, 0.1) is 21.1 Å². The molecular weight excluding hydrogens is 449 g/mol. The Hall–Kier alpha value is -3.50. The number of aromatic nitrogens is 4. The minimum absolute atomic E-state index is 0.0498. The second kappa shape index (κ2) is 7.97. The lowest BCUT2D eigenvalue weighted by atomic mass is 10.2. The Morgan fingerprint density at radius 3 is 2.48 bits per heavy atom. The maximum atomic E-state index is 12.1. The number of hydrogen-bond donors (Lipinski definition) is 3. The van der Waals surface area contributed by atoms with E-state index >= 15 is 0 Å². The first kappa shape index (κ1) is 20.8. The number of benzene rings is 2. The Bertz CT molecular complexity index is 1390. The van der Waals surface area contributed by atoms with Crippen molar-refractivity contribution in [3.8, 4) is 11.5 Å². The highest BCUT2D eigenvalue weighted by atomic mass is 35.5. The smallest absolute Gasteiger partial charge is 0.439 e. The van der Waals surface area contributed by atoms with Crippen LogP contribution in [0.4, 0.5) is 5.69 Å². The third kappa shape index (κ3) is 4.07. The number of nitrogens with one attached hydrogen (secondary N) is 3. The Balaban J connectivity index is 1.62. The van der Waals surface area contributed by atoms with Gasteiger partial charge in [-0.25, -0.2) is 9.59 Å². The number of aromatic amines is 2. The lowest BCUT2D eigenvalue weighted by molar-refractivity contribution is 0.101. The summed E-state index contributed by atoms with van der Waals surface area (Å²) in [6.07, 6.45) is 0. The Morgan fingerprint density at radius 2 is 1.87 bits per heavy atom. The molecule has 2 heterocycles. The number of carbonyl (C=O) groups is 1. The molecule has 0 aliphatic carbocycles. The molecule has 4 aromatic rings. The number of carbonyl (C=O) groups excluding carboxylic acids is 1. The molecule has 1 amide bonds. The molecule has 0 saturated carbocycles. The Kier molecular flexibility index (Phi) is 5.34. The summed E-state index contributed by atoms with van der Waals surface area (Å²) in [5, 5.41) is 6.06. The van der Waals surface area contributed by atoms with Crippen molar-refractivity contribution >= 4 is 45.8 Å². The number of rotatable bonds is 5. The van der Waals surface area contributed by atoms with E-state index in [1.165, 1.54) is 12.1 Å². The molecule has 2 aromatic heterocycles. The average Bonchev–Trinajstić information content (AvgIpc) is 3.26. The van der Waals surface area contributed by atoms with E-state index in [1.807, 2.05) is 13.8 Å². The summed E-state index contributed by atoms with van der Waals surface area (Å²) in [6, 6.07) is 7.91. The quantitative estimate of drug-likeness (QED) is 0.410. The van der Waals surface area contributed by atoms with Gasteiger partial charge in [0, 0.05) is 17.8 Å². The number of H-pyrrole nitrogens is 2. The van der Waals surface area contributed by atoms with E-state index in [9.17, 15) is 14.4 Å². The number of anilines is 1. The molecule has 0 radical (unpaired) electrons. The molecule has 4 rings (SSSR count). The van der Waals surface area contributed by atoms with Crippen molar-refractivity contribution in [2.24, 2.45) is 0 Å². The maximum absolute atomic E-state index is 12.1. The third-order valence-corrected chi connectivity index (χ3v) is 4.90. The average molecular weight is 464 g/mol. The van der Waals surface area contributed by atoms with Gasteiger partial charge in [-0.3, -0.25) is 18.9 Å². The van der Waals surface area contributed by atoms with E-state index < -0.39 is 11.7 Å². The lowest BCUT2D eigenvalue weighted by Crippen LogP contribution is -2.18. The predicted octanol–water partition coefficient (Wildman–Crippen LogP) is 3.94. The van der Waals surface area contributed by atoms with Crippen LogP contribution in [0.5, 0.6) is 11.5 Å². The molecule has 0 saturated heterocycles. The van der Waals surface area contributed by atoms with Crippen LogP contribution in [-0.4, -0.2) is 25.6 Å². The normalized spacial score (nSPS) is 11.3. The molecule has 2 aromatic carbocycles. The number of hydrogen-bond acceptors (Lipinski definition) is 6. The second-order valence-corrected chi connectivity index (χ2v) is 7.66. The number of halogens is 2. The van der Waals surface area contributed by atoms with Crippen molar-refractivity contribution in [2.45, 2.75) is 19.9 Å². The largest absolute Gasteiger partial charge is 0.454 e. The first-order valence-corrected chi connectivity index (χ1v) is 9.77. The van der Waals surface area contributed by atoms with Crippen LogP contribution in [0.2, 0.25) is 10.0 Å². The van der Waals surface area contributed by atoms with E-state index in [0.29, 0.717) is 16.8 Å². The number of fused-ring (bicyclic) bond motifs is 1. The number of ether oxygens (including phenoxy) is 1. The summed E-state index contributed by atoms with van der Waals surface area (Å²) < 4.78 is 11.8. The van der Waals surface area contributed by atoms with Gasteiger partial charge in [0.25, 0.3) is 5.91 Å². The molecule has 0 fully saturated rings. The summed E-state index contributed by atoms with van der Waals surface area (Å²) >= 11 is 12.6. The highest BCUT2D eigenvalue weighted by molar-refractivity contribution is 6.37. The van der Waals surface area contributed by atoms with Crippen molar-refractivity contribution < 1.29 is 14.1 Å². The van der Waals surface area contributed by atoms with E-state index in [1.54, 1.807) is 22.8 Å². The Morgan fingerprint density at radius 1 is 1.16 bits per heavy atom. The topological polar surface area (TPSA) is 135 Å². The van der Waals surface area contributed by atoms with Crippen LogP contribution in [0.25, 0.3) is 11.0 Å². The molecule has 160 valence electrons. The number of imidazole rings is 1. The van der Waals surface area contributed by atoms with Crippen molar-refractivity contribution in [3.05, 3.63) is 67.2 Å². The van der Waals surface area contributed by atoms with Crippen molar-refractivity contribution in [3.63, 3.8) is 0 Å². The summed E-state index contributed by atoms with van der Waals surface area (Å²) in [7, 11) is 0. The van der Waals surface area contributed by atoms with Crippen LogP contribution in [0.3, 0.4) is 0 Å². The van der Waals surface area contributed by atoms with Gasteiger partial charge in [0.15, 0.2) is 5.75 Å². The molecular formula is C19H15Cl2N5O5. The van der Waals surface area contributed by atoms with Gasteiger partial charge >= 0.3 is 11.4 Å². The molecule has 0 aliphatic rings. The van der Waals surface area contributed by atoms with Gasteiger partial charge in [0.2, 0.25) is 5.82 Å². The standard InChI is InChI=1S/C19H15Cl2N5O5/c1-8(2)26-14-7-10(3-4-13(14)23-18(26)28)30-15-11(20)5-9(6-12(15)21)22-17(27)16-24-19(29)31-25-16/h3-8H,1-2H3,(H,22,27)(H,23,28)(H,24,25,29). The molecule has 0 spiro atoms. The maximum Gasteiger partial charge on any atom is 0.439 e. The van der Waals surface area contributed by atoms with Gasteiger partial charge in [-0.1, -0.05) is 23.2 Å². The van der Waals surface area contributed by atoms with Crippen molar-refractivity contribution in [1.82, 2.24) is 19.7 Å². The molecule has 3 N–H and O–H groups in total. The number of nitrogens with zero attached hydrogens (tertiary/aromatic N) is 2. The van der Waals surface area contributed by atoms with E-state index in [0.717, 1.165) is 0 Å². The third-order valence-electron chi connectivity index (χ3n) is 4.34. The zero-order valence-electron chi connectivity index (χ0n) is 16.2. The first-order chi connectivity index (χ1) is 14.7. The zero-order chi connectivity index (χ0) is 22.3. The van der Waals surface area contributed by atoms with E-state index in [4.69, 9.17) is 27.9 Å². The molecule has 31 heavy (non-hydrogen) atoms. The summed E-state index contributed by atoms with van der Waals surface area (Å²) in [6.45, 7) is 3.80. The fourth-order valence-corrected chi connectivity index (χ4v) is 3.61. The molecule has 0 unspecified atom stereocenters. The van der Waals surface area contributed by atoms with Gasteiger partial charge < -0.3 is 15.0 Å². The van der Waals surface area contributed by atoms with Crippen molar-refractivity contribution in [1.29, 1.82) is 0 Å². The molecule has 0 aliphatic heterocycles. The van der Waals surface area contributed by atoms with Crippen LogP contribution in [0, 0.1) is 0 Å². The monoisotopic (exact) mass is 463 g/mol. The van der Waals surface area contributed by atoms with Gasteiger partial charge in [0.1, 0.15) is 5.75 Å². The fourth-order valence-electron chi connectivity index (χ4n) is 3.04. The Labute approximate surface area is 183 Å². The predicted molar refractivity (Wildman–Crippen MR) is 115 cm³/mol. The molecule has 0 atom stereocenters. The van der Waals surface area contributed by atoms with Gasteiger partial charge in [-0.05, 0) is 43.3 Å². The summed E-state index contributed by atoms with van der Waals surface area (Å²) in [4.78, 5) is 40.1. The summed E-state index contributed by atoms with van der Waals surface area (Å²) in [5.74, 6) is -1.27. The van der Waals surface area contributed by atoms with Crippen LogP contribution in [0.1, 0.15) is 30.5 Å². The van der Waals surface area contributed by atoms with Gasteiger partial charge in [-0.2, -0.15) is 0 Å². The molecule has 12 heteroatoms. The second-order valence-electron chi connectivity index (χ2n) is 6.84. The summed E-state index contributed by atoms with van der Waals surface area (Å²) in [5.41, 5.74) is 1.39. The molecule has 10 nitrogen and oxygen atoms in total. The van der Waals surface area contributed by atoms with Crippen LogP contribution < -0.4 is 21.5 Å². The first-order valence-electron chi connectivity index (χ1n) is 9.01. The van der Waals surface area contributed by atoms with E-state index in [2.05, 4.69) is 25.0 Å².